The molecule has 0 aliphatic carbocycles. The fourth-order valence-electron chi connectivity index (χ4n) is 1.60. The van der Waals surface area contributed by atoms with Gasteiger partial charge in [0.1, 0.15) is 6.04 Å². The minimum absolute atomic E-state index is 0.0569. The molecule has 1 saturated heterocycles. The van der Waals surface area contributed by atoms with Crippen molar-refractivity contribution in [2.45, 2.75) is 32.2 Å². The normalized spacial score (nSPS) is 23.8. The third kappa shape index (κ3) is 1.75. The highest BCUT2D eigenvalue weighted by atomic mass is 16.2. The van der Waals surface area contributed by atoms with Crippen molar-refractivity contribution < 1.29 is 9.59 Å². The molecule has 2 amide bonds. The summed E-state index contributed by atoms with van der Waals surface area (Å²) < 4.78 is 0. The van der Waals surface area contributed by atoms with Crippen LogP contribution in [0.5, 0.6) is 0 Å². The molecule has 68 valence electrons. The van der Waals surface area contributed by atoms with Crippen molar-refractivity contribution in [3.05, 3.63) is 0 Å². The van der Waals surface area contributed by atoms with Gasteiger partial charge in [-0.1, -0.05) is 0 Å². The van der Waals surface area contributed by atoms with Crippen LogP contribution in [-0.2, 0) is 9.59 Å². The first kappa shape index (κ1) is 9.03. The molecule has 0 aromatic carbocycles. The average Bonchev–Trinajstić information content (AvgIpc) is 2.04. The molecule has 1 fully saturated rings. The molecule has 1 aliphatic rings. The highest BCUT2D eigenvalue weighted by Gasteiger charge is 2.28. The largest absolute Gasteiger partial charge is 0.368 e. The summed E-state index contributed by atoms with van der Waals surface area (Å²) in [6, 6.07) is -0.365. The molecule has 0 bridgehead atoms. The van der Waals surface area contributed by atoms with Crippen molar-refractivity contribution in [3.63, 3.8) is 0 Å². The van der Waals surface area contributed by atoms with E-state index in [0.29, 0.717) is 6.54 Å². The predicted octanol–water partition coefficient (Wildman–Crippen LogP) is -0.127. The van der Waals surface area contributed by atoms with Crippen molar-refractivity contribution in [2.24, 2.45) is 5.73 Å². The minimum atomic E-state index is -0.384. The van der Waals surface area contributed by atoms with Crippen LogP contribution in [0, 0.1) is 0 Å². The van der Waals surface area contributed by atoms with Gasteiger partial charge in [-0.2, -0.15) is 0 Å². The molecule has 12 heavy (non-hydrogen) atoms. The van der Waals surface area contributed by atoms with E-state index in [4.69, 9.17) is 5.73 Å². The van der Waals surface area contributed by atoms with Gasteiger partial charge >= 0.3 is 0 Å². The van der Waals surface area contributed by atoms with E-state index in [0.717, 1.165) is 19.3 Å². The van der Waals surface area contributed by atoms with Gasteiger partial charge < -0.3 is 10.6 Å². The Morgan fingerprint density at radius 1 is 1.42 bits per heavy atom. The number of piperidine rings is 1. The molecule has 4 nitrogen and oxygen atoms in total. The summed E-state index contributed by atoms with van der Waals surface area (Å²) in [4.78, 5) is 23.5. The van der Waals surface area contributed by atoms with Gasteiger partial charge in [-0.15, -0.1) is 0 Å². The summed E-state index contributed by atoms with van der Waals surface area (Å²) in [5.74, 6) is -0.441. The van der Waals surface area contributed by atoms with Gasteiger partial charge in [-0.05, 0) is 19.3 Å². The SMILES string of the molecule is CC(=O)N1CCCCC1C(N)=O. The summed E-state index contributed by atoms with van der Waals surface area (Å²) in [6.07, 6.45) is 2.68. The van der Waals surface area contributed by atoms with E-state index in [1.165, 1.54) is 6.92 Å². The lowest BCUT2D eigenvalue weighted by Crippen LogP contribution is -2.49. The fraction of sp³-hybridized carbons (Fsp3) is 0.750. The molecule has 1 heterocycles. The first-order valence-corrected chi connectivity index (χ1v) is 4.19. The summed E-state index contributed by atoms with van der Waals surface area (Å²) >= 11 is 0. The molecule has 1 rings (SSSR count). The van der Waals surface area contributed by atoms with Crippen molar-refractivity contribution >= 4 is 11.8 Å². The third-order valence-electron chi connectivity index (χ3n) is 2.24. The van der Waals surface area contributed by atoms with E-state index in [9.17, 15) is 9.59 Å². The summed E-state index contributed by atoms with van der Waals surface area (Å²) in [5, 5.41) is 0. The minimum Gasteiger partial charge on any atom is -0.368 e. The average molecular weight is 170 g/mol. The van der Waals surface area contributed by atoms with Gasteiger partial charge in [0.25, 0.3) is 0 Å². The van der Waals surface area contributed by atoms with Crippen LogP contribution in [-0.4, -0.2) is 29.3 Å². The van der Waals surface area contributed by atoms with E-state index < -0.39 is 0 Å². The second kappa shape index (κ2) is 3.56. The zero-order valence-electron chi connectivity index (χ0n) is 7.25. The second-order valence-corrected chi connectivity index (χ2v) is 3.13. The number of nitrogens with zero attached hydrogens (tertiary/aromatic N) is 1. The topological polar surface area (TPSA) is 63.4 Å². The molecular weight excluding hydrogens is 156 g/mol. The zero-order chi connectivity index (χ0) is 9.14. The monoisotopic (exact) mass is 170 g/mol. The lowest BCUT2D eigenvalue weighted by atomic mass is 10.0. The zero-order valence-corrected chi connectivity index (χ0v) is 7.25. The van der Waals surface area contributed by atoms with Crippen LogP contribution in [0.2, 0.25) is 0 Å². The Balaban J connectivity index is 2.67. The van der Waals surface area contributed by atoms with Crippen molar-refractivity contribution in [2.75, 3.05) is 6.54 Å². The Hall–Kier alpha value is -1.06. The second-order valence-electron chi connectivity index (χ2n) is 3.13. The smallest absolute Gasteiger partial charge is 0.240 e. The molecule has 0 radical (unpaired) electrons. The van der Waals surface area contributed by atoms with Gasteiger partial charge in [-0.3, -0.25) is 9.59 Å². The quantitative estimate of drug-likeness (QED) is 0.596. The van der Waals surface area contributed by atoms with Crippen molar-refractivity contribution in [1.29, 1.82) is 0 Å². The van der Waals surface area contributed by atoms with E-state index in [-0.39, 0.29) is 17.9 Å². The lowest BCUT2D eigenvalue weighted by molar-refractivity contribution is -0.139. The predicted molar refractivity (Wildman–Crippen MR) is 44.2 cm³/mol. The molecule has 0 saturated carbocycles. The number of amides is 2. The maximum absolute atomic E-state index is 11.0. The Morgan fingerprint density at radius 3 is 2.50 bits per heavy atom. The molecule has 0 aromatic heterocycles. The summed E-state index contributed by atoms with van der Waals surface area (Å²) in [6.45, 7) is 2.14. The first-order chi connectivity index (χ1) is 5.63. The van der Waals surface area contributed by atoms with Crippen LogP contribution in [0.25, 0.3) is 0 Å². The number of carbonyl (C=O) groups is 2. The van der Waals surface area contributed by atoms with E-state index >= 15 is 0 Å². The molecule has 1 aliphatic heterocycles. The van der Waals surface area contributed by atoms with Crippen LogP contribution < -0.4 is 5.73 Å². The number of rotatable bonds is 1. The molecule has 0 aromatic rings. The molecule has 1 unspecified atom stereocenters. The Morgan fingerprint density at radius 2 is 2.08 bits per heavy atom. The van der Waals surface area contributed by atoms with Gasteiger partial charge in [0.15, 0.2) is 0 Å². The van der Waals surface area contributed by atoms with Crippen molar-refractivity contribution in [1.82, 2.24) is 4.90 Å². The van der Waals surface area contributed by atoms with Crippen molar-refractivity contribution in [3.8, 4) is 0 Å². The fourth-order valence-corrected chi connectivity index (χ4v) is 1.60. The van der Waals surface area contributed by atoms with Crippen LogP contribution >= 0.6 is 0 Å². The maximum atomic E-state index is 11.0. The number of likely N-dealkylation sites (tertiary alicyclic amines) is 1. The molecular formula is C8H14N2O2. The van der Waals surface area contributed by atoms with Gasteiger partial charge in [0, 0.05) is 13.5 Å². The van der Waals surface area contributed by atoms with Crippen LogP contribution in [0.15, 0.2) is 0 Å². The Labute approximate surface area is 71.7 Å². The van der Waals surface area contributed by atoms with Gasteiger partial charge in [0.05, 0.1) is 0 Å². The summed E-state index contributed by atoms with van der Waals surface area (Å²) in [5.41, 5.74) is 5.16. The lowest BCUT2D eigenvalue weighted by Gasteiger charge is -2.32. The van der Waals surface area contributed by atoms with E-state index in [1.807, 2.05) is 0 Å². The van der Waals surface area contributed by atoms with Crippen LogP contribution in [0.4, 0.5) is 0 Å². The maximum Gasteiger partial charge on any atom is 0.240 e. The van der Waals surface area contributed by atoms with Gasteiger partial charge in [0.2, 0.25) is 11.8 Å². The number of carbonyl (C=O) groups excluding carboxylic acids is 2. The standard InChI is InChI=1S/C8H14N2O2/c1-6(11)10-5-3-2-4-7(10)8(9)12/h7H,2-5H2,1H3,(H2,9,12). The first-order valence-electron chi connectivity index (χ1n) is 4.19. The van der Waals surface area contributed by atoms with E-state index in [1.54, 1.807) is 4.90 Å². The Kier molecular flexibility index (Phi) is 2.68. The van der Waals surface area contributed by atoms with Crippen LogP contribution in [0.3, 0.4) is 0 Å². The van der Waals surface area contributed by atoms with Crippen LogP contribution in [0.1, 0.15) is 26.2 Å². The molecule has 0 spiro atoms. The number of nitrogens with two attached hydrogens (primary N) is 1. The molecule has 4 heteroatoms. The highest BCUT2D eigenvalue weighted by Crippen LogP contribution is 2.16. The number of hydrogen-bond donors (Lipinski definition) is 1. The summed E-state index contributed by atoms with van der Waals surface area (Å²) in [7, 11) is 0. The Bertz CT molecular complexity index is 181. The number of primary amides is 1. The third-order valence-corrected chi connectivity index (χ3v) is 2.24. The van der Waals surface area contributed by atoms with E-state index in [2.05, 4.69) is 0 Å². The molecule has 1 atom stereocenters. The highest BCUT2D eigenvalue weighted by molar-refractivity contribution is 5.85. The van der Waals surface area contributed by atoms with Gasteiger partial charge in [-0.25, -0.2) is 0 Å². The number of hydrogen-bond acceptors (Lipinski definition) is 2. The molecule has 2 N–H and O–H groups in total.